The molecule has 1 atom stereocenters. The topological polar surface area (TPSA) is 29.3 Å². The first kappa shape index (κ1) is 16.6. The van der Waals surface area contributed by atoms with Crippen LogP contribution in [0.5, 0.6) is 0 Å². The van der Waals surface area contributed by atoms with Crippen molar-refractivity contribution >= 4 is 40.2 Å². The minimum atomic E-state index is 0.159. The van der Waals surface area contributed by atoms with Crippen LogP contribution in [0.3, 0.4) is 0 Å². The summed E-state index contributed by atoms with van der Waals surface area (Å²) in [6.45, 7) is 2.93. The van der Waals surface area contributed by atoms with Gasteiger partial charge in [0.1, 0.15) is 0 Å². The number of nitrogens with zero attached hydrogens (tertiary/aromatic N) is 1. The third kappa shape index (κ3) is 4.62. The molecule has 2 N–H and O–H groups in total. The van der Waals surface area contributed by atoms with Crippen molar-refractivity contribution in [1.82, 2.24) is 0 Å². The maximum Gasteiger partial charge on any atom is 0.0931 e. The average molecular weight is 343 g/mol. The minimum Gasteiger partial charge on any atom is -0.369 e. The third-order valence-electron chi connectivity index (χ3n) is 3.48. The SMILES string of the molecule is CCC(N)Cc1cc(Cl)ccc1N(C)Cc1ccc(Cl)s1. The van der Waals surface area contributed by atoms with Gasteiger partial charge >= 0.3 is 0 Å². The van der Waals surface area contributed by atoms with Gasteiger partial charge in [-0.1, -0.05) is 30.1 Å². The van der Waals surface area contributed by atoms with E-state index in [2.05, 4.69) is 31.0 Å². The molecule has 0 spiro atoms. The summed E-state index contributed by atoms with van der Waals surface area (Å²) in [4.78, 5) is 3.46. The number of halogens is 2. The van der Waals surface area contributed by atoms with Gasteiger partial charge in [0.25, 0.3) is 0 Å². The van der Waals surface area contributed by atoms with Crippen LogP contribution in [0, 0.1) is 0 Å². The normalized spacial score (nSPS) is 12.4. The molecule has 1 heterocycles. The molecule has 114 valence electrons. The van der Waals surface area contributed by atoms with Crippen molar-refractivity contribution in [3.8, 4) is 0 Å². The molecule has 1 aromatic carbocycles. The van der Waals surface area contributed by atoms with E-state index in [-0.39, 0.29) is 6.04 Å². The Balaban J connectivity index is 2.20. The van der Waals surface area contributed by atoms with Crippen LogP contribution in [0.1, 0.15) is 23.8 Å². The average Bonchev–Trinajstić information content (AvgIpc) is 2.84. The Bertz CT molecular complexity index is 598. The smallest absolute Gasteiger partial charge is 0.0931 e. The van der Waals surface area contributed by atoms with Gasteiger partial charge in [0.05, 0.1) is 10.9 Å². The quantitative estimate of drug-likeness (QED) is 0.802. The number of thiophene rings is 1. The van der Waals surface area contributed by atoms with Crippen molar-refractivity contribution in [2.75, 3.05) is 11.9 Å². The number of benzene rings is 1. The zero-order valence-corrected chi connectivity index (χ0v) is 14.6. The molecule has 21 heavy (non-hydrogen) atoms. The van der Waals surface area contributed by atoms with E-state index in [1.807, 2.05) is 18.2 Å². The van der Waals surface area contributed by atoms with E-state index >= 15 is 0 Å². The standard InChI is InChI=1S/C16H20Cl2N2S/c1-3-13(19)9-11-8-12(17)4-6-15(11)20(2)10-14-5-7-16(18)21-14/h4-8,13H,3,9-10,19H2,1-2H3. The Morgan fingerprint density at radius 2 is 2.00 bits per heavy atom. The maximum atomic E-state index is 6.14. The zero-order valence-electron chi connectivity index (χ0n) is 12.3. The van der Waals surface area contributed by atoms with E-state index < -0.39 is 0 Å². The molecular formula is C16H20Cl2N2S. The van der Waals surface area contributed by atoms with Gasteiger partial charge in [0.2, 0.25) is 0 Å². The molecule has 1 aromatic heterocycles. The molecule has 5 heteroatoms. The molecule has 0 aliphatic carbocycles. The van der Waals surface area contributed by atoms with E-state index in [1.54, 1.807) is 11.3 Å². The number of hydrogen-bond donors (Lipinski definition) is 1. The Hall–Kier alpha value is -0.740. The van der Waals surface area contributed by atoms with Crippen molar-refractivity contribution in [2.24, 2.45) is 5.73 Å². The van der Waals surface area contributed by atoms with Crippen molar-refractivity contribution in [3.05, 3.63) is 50.1 Å². The van der Waals surface area contributed by atoms with Crippen molar-refractivity contribution in [3.63, 3.8) is 0 Å². The lowest BCUT2D eigenvalue weighted by Crippen LogP contribution is -2.24. The molecule has 0 aliphatic heterocycles. The molecule has 0 bridgehead atoms. The highest BCUT2D eigenvalue weighted by molar-refractivity contribution is 7.16. The van der Waals surface area contributed by atoms with Gasteiger partial charge in [-0.2, -0.15) is 0 Å². The monoisotopic (exact) mass is 342 g/mol. The number of anilines is 1. The van der Waals surface area contributed by atoms with E-state index in [0.717, 1.165) is 28.7 Å². The summed E-state index contributed by atoms with van der Waals surface area (Å²) in [5.74, 6) is 0. The van der Waals surface area contributed by atoms with Crippen LogP contribution in [0.4, 0.5) is 5.69 Å². The second-order valence-corrected chi connectivity index (χ2v) is 7.44. The molecule has 0 radical (unpaired) electrons. The largest absolute Gasteiger partial charge is 0.369 e. The lowest BCUT2D eigenvalue weighted by Gasteiger charge is -2.23. The molecular weight excluding hydrogens is 323 g/mol. The van der Waals surface area contributed by atoms with Gasteiger partial charge in [0, 0.05) is 28.7 Å². The molecule has 0 amide bonds. The lowest BCUT2D eigenvalue weighted by molar-refractivity contribution is 0.645. The summed E-state index contributed by atoms with van der Waals surface area (Å²) in [6.07, 6.45) is 1.79. The highest BCUT2D eigenvalue weighted by Gasteiger charge is 2.12. The Morgan fingerprint density at radius 1 is 1.24 bits per heavy atom. The second-order valence-electron chi connectivity index (χ2n) is 5.21. The molecule has 0 saturated heterocycles. The van der Waals surface area contributed by atoms with E-state index in [4.69, 9.17) is 28.9 Å². The van der Waals surface area contributed by atoms with Crippen molar-refractivity contribution in [1.29, 1.82) is 0 Å². The number of rotatable bonds is 6. The fraction of sp³-hybridized carbons (Fsp3) is 0.375. The summed E-state index contributed by atoms with van der Waals surface area (Å²) in [5, 5.41) is 0.754. The van der Waals surface area contributed by atoms with Gasteiger partial charge in [-0.3, -0.25) is 0 Å². The number of hydrogen-bond acceptors (Lipinski definition) is 3. The third-order valence-corrected chi connectivity index (χ3v) is 4.93. The Morgan fingerprint density at radius 3 is 2.62 bits per heavy atom. The van der Waals surface area contributed by atoms with Crippen molar-refractivity contribution < 1.29 is 0 Å². The zero-order chi connectivity index (χ0) is 15.4. The minimum absolute atomic E-state index is 0.159. The molecule has 2 rings (SSSR count). The van der Waals surface area contributed by atoms with Gasteiger partial charge < -0.3 is 10.6 Å². The number of nitrogens with two attached hydrogens (primary N) is 1. The molecule has 0 aliphatic rings. The Labute approximate surface area is 140 Å². The lowest BCUT2D eigenvalue weighted by atomic mass is 10.0. The predicted octanol–water partition coefficient (Wildman–Crippen LogP) is 4.97. The molecule has 1 unspecified atom stereocenters. The first-order valence-electron chi connectivity index (χ1n) is 6.99. The molecule has 0 saturated carbocycles. The van der Waals surface area contributed by atoms with Crippen LogP contribution in [0.2, 0.25) is 9.36 Å². The molecule has 0 fully saturated rings. The predicted molar refractivity (Wildman–Crippen MR) is 94.9 cm³/mol. The summed E-state index contributed by atoms with van der Waals surface area (Å²) >= 11 is 13.7. The molecule has 2 aromatic rings. The van der Waals surface area contributed by atoms with Crippen LogP contribution in [0.15, 0.2) is 30.3 Å². The first-order valence-corrected chi connectivity index (χ1v) is 8.56. The van der Waals surface area contributed by atoms with Crippen LogP contribution in [-0.2, 0) is 13.0 Å². The second kappa shape index (κ2) is 7.50. The van der Waals surface area contributed by atoms with Crippen LogP contribution in [-0.4, -0.2) is 13.1 Å². The first-order chi connectivity index (χ1) is 9.99. The highest BCUT2D eigenvalue weighted by Crippen LogP contribution is 2.28. The summed E-state index contributed by atoms with van der Waals surface area (Å²) in [5.41, 5.74) is 8.47. The molecule has 2 nitrogen and oxygen atoms in total. The summed E-state index contributed by atoms with van der Waals surface area (Å²) < 4.78 is 0.822. The maximum absolute atomic E-state index is 6.14. The van der Waals surface area contributed by atoms with Gasteiger partial charge in [-0.15, -0.1) is 11.3 Å². The van der Waals surface area contributed by atoms with E-state index in [1.165, 1.54) is 16.1 Å². The van der Waals surface area contributed by atoms with Crippen LogP contribution < -0.4 is 10.6 Å². The van der Waals surface area contributed by atoms with E-state index in [9.17, 15) is 0 Å². The van der Waals surface area contributed by atoms with Crippen molar-refractivity contribution in [2.45, 2.75) is 32.4 Å². The highest BCUT2D eigenvalue weighted by atomic mass is 35.5. The summed E-state index contributed by atoms with van der Waals surface area (Å²) in [7, 11) is 2.08. The van der Waals surface area contributed by atoms with Crippen LogP contribution >= 0.6 is 34.5 Å². The Kier molecular flexibility index (Phi) is 5.94. The summed E-state index contributed by atoms with van der Waals surface area (Å²) in [6, 6.07) is 10.2. The fourth-order valence-electron chi connectivity index (χ4n) is 2.27. The van der Waals surface area contributed by atoms with Gasteiger partial charge in [-0.25, -0.2) is 0 Å². The van der Waals surface area contributed by atoms with Gasteiger partial charge in [0.15, 0.2) is 0 Å². The van der Waals surface area contributed by atoms with Gasteiger partial charge in [-0.05, 0) is 48.7 Å². The fourth-order valence-corrected chi connectivity index (χ4v) is 3.61. The van der Waals surface area contributed by atoms with Crippen LogP contribution in [0.25, 0.3) is 0 Å². The van der Waals surface area contributed by atoms with E-state index in [0.29, 0.717) is 0 Å².